The minimum atomic E-state index is -0.947. The number of hydrogen-bond donors (Lipinski definition) is 0. The zero-order valence-corrected chi connectivity index (χ0v) is 11.1. The Morgan fingerprint density at radius 2 is 1.67 bits per heavy atom. The molecule has 104 valence electrons. The number of ether oxygens (including phenoxy) is 3. The van der Waals surface area contributed by atoms with E-state index in [9.17, 15) is 14.4 Å². The van der Waals surface area contributed by atoms with Crippen molar-refractivity contribution in [1.29, 1.82) is 0 Å². The fourth-order valence-electron chi connectivity index (χ4n) is 1.33. The molecule has 0 radical (unpaired) electrons. The van der Waals surface area contributed by atoms with Gasteiger partial charge in [-0.25, -0.2) is 4.79 Å². The largest absolute Gasteiger partial charge is 0.466 e. The average molecular weight is 260 g/mol. The number of esters is 3. The van der Waals surface area contributed by atoms with Crippen molar-refractivity contribution in [3.05, 3.63) is 0 Å². The van der Waals surface area contributed by atoms with E-state index in [0.717, 1.165) is 0 Å². The normalized spacial score (nSPS) is 11.5. The van der Waals surface area contributed by atoms with E-state index in [0.29, 0.717) is 13.0 Å². The van der Waals surface area contributed by atoms with E-state index >= 15 is 0 Å². The van der Waals surface area contributed by atoms with Gasteiger partial charge >= 0.3 is 17.9 Å². The molecule has 0 saturated heterocycles. The molecule has 0 aromatic rings. The highest BCUT2D eigenvalue weighted by atomic mass is 16.6. The van der Waals surface area contributed by atoms with Crippen LogP contribution in [0.15, 0.2) is 0 Å². The molecule has 0 aromatic carbocycles. The molecule has 0 bridgehead atoms. The maximum Gasteiger partial charge on any atom is 0.347 e. The van der Waals surface area contributed by atoms with Crippen LogP contribution < -0.4 is 0 Å². The van der Waals surface area contributed by atoms with Gasteiger partial charge in [0.15, 0.2) is 6.10 Å². The van der Waals surface area contributed by atoms with Crippen molar-refractivity contribution < 1.29 is 28.6 Å². The lowest BCUT2D eigenvalue weighted by atomic mass is 10.1. The molecule has 0 amide bonds. The Kier molecular flexibility index (Phi) is 8.61. The van der Waals surface area contributed by atoms with Crippen molar-refractivity contribution in [3.8, 4) is 0 Å². The molecule has 6 nitrogen and oxygen atoms in total. The van der Waals surface area contributed by atoms with Crippen LogP contribution >= 0.6 is 0 Å². The third-order valence-electron chi connectivity index (χ3n) is 2.01. The van der Waals surface area contributed by atoms with Crippen molar-refractivity contribution >= 4 is 17.9 Å². The quantitative estimate of drug-likeness (QED) is 0.482. The minimum absolute atomic E-state index is 0.186. The van der Waals surface area contributed by atoms with Crippen molar-refractivity contribution in [2.24, 2.45) is 0 Å². The smallest absolute Gasteiger partial charge is 0.347 e. The summed E-state index contributed by atoms with van der Waals surface area (Å²) in [6.07, 6.45) is -0.116. The predicted molar refractivity (Wildman–Crippen MR) is 62.7 cm³/mol. The third-order valence-corrected chi connectivity index (χ3v) is 2.01. The Labute approximate surface area is 107 Å². The van der Waals surface area contributed by atoms with Crippen LogP contribution in [0.3, 0.4) is 0 Å². The first-order chi connectivity index (χ1) is 8.51. The van der Waals surface area contributed by atoms with Gasteiger partial charge in [0.25, 0.3) is 0 Å². The second-order valence-electron chi connectivity index (χ2n) is 3.55. The summed E-state index contributed by atoms with van der Waals surface area (Å²) < 4.78 is 14.4. The summed E-state index contributed by atoms with van der Waals surface area (Å²) in [6.45, 7) is 5.15. The molecule has 6 heteroatoms. The molecule has 0 N–H and O–H groups in total. The summed E-state index contributed by atoms with van der Waals surface area (Å²) in [5, 5.41) is 0. The molecule has 0 aliphatic rings. The van der Waals surface area contributed by atoms with Crippen LogP contribution in [0.1, 0.15) is 40.0 Å². The number of carbonyl (C=O) groups excluding carboxylic acids is 3. The van der Waals surface area contributed by atoms with Gasteiger partial charge in [-0.15, -0.1) is 0 Å². The Hall–Kier alpha value is -1.59. The molecule has 0 spiro atoms. The van der Waals surface area contributed by atoms with E-state index in [1.54, 1.807) is 13.8 Å². The Bertz CT molecular complexity index is 286. The SMILES string of the molecule is CCOC(=O)CCCC(OC(C)=O)C(=O)OCC. The summed E-state index contributed by atoms with van der Waals surface area (Å²) in [5.74, 6) is -1.47. The van der Waals surface area contributed by atoms with Gasteiger partial charge in [0, 0.05) is 13.3 Å². The van der Waals surface area contributed by atoms with E-state index in [4.69, 9.17) is 14.2 Å². The summed E-state index contributed by atoms with van der Waals surface area (Å²) in [6, 6.07) is 0. The molecule has 0 heterocycles. The van der Waals surface area contributed by atoms with Crippen molar-refractivity contribution in [2.45, 2.75) is 46.1 Å². The highest BCUT2D eigenvalue weighted by molar-refractivity contribution is 5.78. The first-order valence-electron chi connectivity index (χ1n) is 6.00. The van der Waals surface area contributed by atoms with Gasteiger partial charge < -0.3 is 14.2 Å². The van der Waals surface area contributed by atoms with Gasteiger partial charge in [-0.3, -0.25) is 9.59 Å². The molecule has 1 atom stereocenters. The van der Waals surface area contributed by atoms with Gasteiger partial charge in [0.05, 0.1) is 13.2 Å². The first kappa shape index (κ1) is 16.4. The third kappa shape index (κ3) is 7.65. The van der Waals surface area contributed by atoms with Crippen molar-refractivity contribution in [1.82, 2.24) is 0 Å². The van der Waals surface area contributed by atoms with Gasteiger partial charge in [-0.1, -0.05) is 0 Å². The molecule has 1 unspecified atom stereocenters. The minimum Gasteiger partial charge on any atom is -0.466 e. The van der Waals surface area contributed by atoms with Crippen LogP contribution in [0.5, 0.6) is 0 Å². The molecule has 0 rings (SSSR count). The summed E-state index contributed by atoms with van der Waals surface area (Å²) >= 11 is 0. The molecule has 0 aromatic heterocycles. The van der Waals surface area contributed by atoms with Gasteiger partial charge in [0.2, 0.25) is 0 Å². The maximum atomic E-state index is 11.5. The second kappa shape index (κ2) is 9.44. The van der Waals surface area contributed by atoms with E-state index in [-0.39, 0.29) is 25.4 Å². The zero-order chi connectivity index (χ0) is 14.0. The monoisotopic (exact) mass is 260 g/mol. The number of rotatable bonds is 8. The van der Waals surface area contributed by atoms with Crippen LogP contribution in [0, 0.1) is 0 Å². The number of carbonyl (C=O) groups is 3. The first-order valence-corrected chi connectivity index (χ1v) is 6.00. The van der Waals surface area contributed by atoms with E-state index in [2.05, 4.69) is 0 Å². The van der Waals surface area contributed by atoms with E-state index in [1.165, 1.54) is 6.92 Å². The highest BCUT2D eigenvalue weighted by Gasteiger charge is 2.22. The predicted octanol–water partition coefficient (Wildman–Crippen LogP) is 1.21. The maximum absolute atomic E-state index is 11.5. The average Bonchev–Trinajstić information content (AvgIpc) is 2.28. The van der Waals surface area contributed by atoms with Gasteiger partial charge in [-0.2, -0.15) is 0 Å². The fraction of sp³-hybridized carbons (Fsp3) is 0.750. The van der Waals surface area contributed by atoms with Crippen molar-refractivity contribution in [3.63, 3.8) is 0 Å². The lowest BCUT2D eigenvalue weighted by molar-refractivity contribution is -0.167. The van der Waals surface area contributed by atoms with Crippen LogP contribution in [0.4, 0.5) is 0 Å². The second-order valence-corrected chi connectivity index (χ2v) is 3.55. The summed E-state index contributed by atoms with van der Waals surface area (Å²) in [7, 11) is 0. The molecule has 0 aliphatic heterocycles. The molecule has 18 heavy (non-hydrogen) atoms. The Morgan fingerprint density at radius 1 is 1.06 bits per heavy atom. The molecule has 0 fully saturated rings. The van der Waals surface area contributed by atoms with Crippen LogP contribution in [-0.2, 0) is 28.6 Å². The molecule has 0 saturated carbocycles. The van der Waals surface area contributed by atoms with Gasteiger partial charge in [-0.05, 0) is 26.7 Å². The number of hydrogen-bond acceptors (Lipinski definition) is 6. The van der Waals surface area contributed by atoms with E-state index in [1.807, 2.05) is 0 Å². The molecular formula is C12H20O6. The summed E-state index contributed by atoms with van der Waals surface area (Å²) in [4.78, 5) is 33.4. The zero-order valence-electron chi connectivity index (χ0n) is 11.1. The van der Waals surface area contributed by atoms with E-state index < -0.39 is 18.0 Å². The highest BCUT2D eigenvalue weighted by Crippen LogP contribution is 2.08. The standard InChI is InChI=1S/C12H20O6/c1-4-16-11(14)8-6-7-10(18-9(3)13)12(15)17-5-2/h10H,4-8H2,1-3H3. The lowest BCUT2D eigenvalue weighted by Crippen LogP contribution is -2.28. The molecular weight excluding hydrogens is 240 g/mol. The molecule has 0 aliphatic carbocycles. The van der Waals surface area contributed by atoms with Gasteiger partial charge in [0.1, 0.15) is 0 Å². The summed E-state index contributed by atoms with van der Waals surface area (Å²) in [5.41, 5.74) is 0. The Balaban J connectivity index is 4.12. The van der Waals surface area contributed by atoms with Crippen LogP contribution in [-0.4, -0.2) is 37.2 Å². The van der Waals surface area contributed by atoms with Crippen LogP contribution in [0.2, 0.25) is 0 Å². The fourth-order valence-corrected chi connectivity index (χ4v) is 1.33. The van der Waals surface area contributed by atoms with Crippen LogP contribution in [0.25, 0.3) is 0 Å². The van der Waals surface area contributed by atoms with Crippen molar-refractivity contribution in [2.75, 3.05) is 13.2 Å². The Morgan fingerprint density at radius 3 is 2.17 bits per heavy atom. The lowest BCUT2D eigenvalue weighted by Gasteiger charge is -2.15. The topological polar surface area (TPSA) is 78.9 Å².